The molecule has 1 aliphatic heterocycles. The predicted octanol–water partition coefficient (Wildman–Crippen LogP) is 5.79. The SMILES string of the molecule is Cc1nc(-c2cc(C(F)(F)F)ccc2Cl)sc1C(=O)NCCCN1CCCCC1C. The topological polar surface area (TPSA) is 45.2 Å². The van der Waals surface area contributed by atoms with Gasteiger partial charge in [-0.1, -0.05) is 18.0 Å². The first-order chi connectivity index (χ1) is 14.2. The van der Waals surface area contributed by atoms with Crippen LogP contribution in [0.2, 0.25) is 5.02 Å². The average Bonchev–Trinajstić information content (AvgIpc) is 3.07. The lowest BCUT2D eigenvalue weighted by Crippen LogP contribution is -2.39. The van der Waals surface area contributed by atoms with Gasteiger partial charge in [-0.05, 0) is 57.9 Å². The van der Waals surface area contributed by atoms with E-state index in [9.17, 15) is 18.0 Å². The number of alkyl halides is 3. The van der Waals surface area contributed by atoms with Crippen LogP contribution in [0, 0.1) is 6.92 Å². The Bertz CT molecular complexity index is 900. The molecule has 1 amide bonds. The number of thiazole rings is 1. The highest BCUT2D eigenvalue weighted by Gasteiger charge is 2.31. The number of hydrogen-bond acceptors (Lipinski definition) is 4. The van der Waals surface area contributed by atoms with Gasteiger partial charge in [0.1, 0.15) is 9.88 Å². The molecule has 2 aromatic rings. The van der Waals surface area contributed by atoms with Gasteiger partial charge in [0.2, 0.25) is 0 Å². The van der Waals surface area contributed by atoms with Gasteiger partial charge >= 0.3 is 6.18 Å². The Hall–Kier alpha value is -1.64. The summed E-state index contributed by atoms with van der Waals surface area (Å²) in [5, 5.41) is 3.37. The largest absolute Gasteiger partial charge is 0.416 e. The van der Waals surface area contributed by atoms with Crippen LogP contribution in [-0.4, -0.2) is 41.5 Å². The van der Waals surface area contributed by atoms with Gasteiger partial charge in [0.25, 0.3) is 5.91 Å². The molecule has 164 valence electrons. The zero-order valence-corrected chi connectivity index (χ0v) is 18.6. The molecule has 4 nitrogen and oxygen atoms in total. The minimum Gasteiger partial charge on any atom is -0.351 e. The summed E-state index contributed by atoms with van der Waals surface area (Å²) in [5.74, 6) is -0.258. The fourth-order valence-corrected chi connectivity index (χ4v) is 4.92. The number of hydrogen-bond donors (Lipinski definition) is 1. The third kappa shape index (κ3) is 5.53. The van der Waals surface area contributed by atoms with E-state index >= 15 is 0 Å². The number of carbonyl (C=O) groups is 1. The van der Waals surface area contributed by atoms with Gasteiger partial charge in [0.05, 0.1) is 16.3 Å². The molecule has 0 spiro atoms. The van der Waals surface area contributed by atoms with Gasteiger partial charge < -0.3 is 10.2 Å². The Kier molecular flexibility index (Phi) is 7.42. The lowest BCUT2D eigenvalue weighted by atomic mass is 10.0. The maximum atomic E-state index is 13.0. The van der Waals surface area contributed by atoms with E-state index in [-0.39, 0.29) is 16.5 Å². The Morgan fingerprint density at radius 2 is 2.13 bits per heavy atom. The lowest BCUT2D eigenvalue weighted by molar-refractivity contribution is -0.137. The van der Waals surface area contributed by atoms with Gasteiger partial charge in [-0.15, -0.1) is 11.3 Å². The number of nitrogens with one attached hydrogen (secondary N) is 1. The van der Waals surface area contributed by atoms with Gasteiger partial charge in [-0.3, -0.25) is 4.79 Å². The molecule has 0 aliphatic carbocycles. The molecule has 0 bridgehead atoms. The van der Waals surface area contributed by atoms with Crippen LogP contribution in [0.25, 0.3) is 10.6 Å². The minimum absolute atomic E-state index is 0.166. The molecule has 0 radical (unpaired) electrons. The number of amides is 1. The second-order valence-electron chi connectivity index (χ2n) is 7.62. The van der Waals surface area contributed by atoms with Crippen molar-refractivity contribution in [2.24, 2.45) is 0 Å². The second kappa shape index (κ2) is 9.66. The van der Waals surface area contributed by atoms with E-state index in [1.54, 1.807) is 6.92 Å². The molecule has 1 aliphatic rings. The van der Waals surface area contributed by atoms with E-state index in [0.717, 1.165) is 43.0 Å². The van der Waals surface area contributed by atoms with Gasteiger partial charge in [0.15, 0.2) is 0 Å². The van der Waals surface area contributed by atoms with Crippen molar-refractivity contribution >= 4 is 28.8 Å². The summed E-state index contributed by atoms with van der Waals surface area (Å²) >= 11 is 7.16. The summed E-state index contributed by atoms with van der Waals surface area (Å²) < 4.78 is 39.1. The monoisotopic (exact) mass is 459 g/mol. The van der Waals surface area contributed by atoms with Gasteiger partial charge in [-0.25, -0.2) is 4.98 Å². The van der Waals surface area contributed by atoms with E-state index in [1.807, 2.05) is 0 Å². The van der Waals surface area contributed by atoms with Crippen LogP contribution in [0.15, 0.2) is 18.2 Å². The van der Waals surface area contributed by atoms with Crippen LogP contribution in [0.4, 0.5) is 13.2 Å². The summed E-state index contributed by atoms with van der Waals surface area (Å²) in [6.07, 6.45) is 0.0835. The summed E-state index contributed by atoms with van der Waals surface area (Å²) in [6, 6.07) is 3.70. The van der Waals surface area contributed by atoms with Crippen molar-refractivity contribution < 1.29 is 18.0 Å². The molecule has 9 heteroatoms. The molecule has 1 atom stereocenters. The molecular weight excluding hydrogens is 435 g/mol. The van der Waals surface area contributed by atoms with Crippen LogP contribution in [-0.2, 0) is 6.18 Å². The minimum atomic E-state index is -4.47. The lowest BCUT2D eigenvalue weighted by Gasteiger charge is -2.33. The smallest absolute Gasteiger partial charge is 0.351 e. The van der Waals surface area contributed by atoms with E-state index in [0.29, 0.717) is 28.2 Å². The second-order valence-corrected chi connectivity index (χ2v) is 9.02. The Labute approximate surface area is 183 Å². The number of rotatable bonds is 6. The highest BCUT2D eigenvalue weighted by molar-refractivity contribution is 7.17. The summed E-state index contributed by atoms with van der Waals surface area (Å²) in [7, 11) is 0. The van der Waals surface area contributed by atoms with E-state index in [2.05, 4.69) is 22.1 Å². The molecule has 3 rings (SSSR count). The van der Waals surface area contributed by atoms with Crippen molar-refractivity contribution in [2.45, 2.75) is 51.7 Å². The Morgan fingerprint density at radius 3 is 2.83 bits per heavy atom. The predicted molar refractivity (Wildman–Crippen MR) is 114 cm³/mol. The summed E-state index contributed by atoms with van der Waals surface area (Å²) in [4.78, 5) is 19.7. The standard InChI is InChI=1S/C21H25ClF3N3OS/c1-13-6-3-4-10-28(13)11-5-9-26-19(29)18-14(2)27-20(30-18)16-12-15(21(23,24)25)7-8-17(16)22/h7-8,12-13H,3-6,9-11H2,1-2H3,(H,26,29). The van der Waals surface area contributed by atoms with E-state index < -0.39 is 11.7 Å². The van der Waals surface area contributed by atoms with Crippen molar-refractivity contribution in [1.29, 1.82) is 0 Å². The third-order valence-corrected chi connectivity index (χ3v) is 6.89. The van der Waals surface area contributed by atoms with Crippen LogP contribution in [0.3, 0.4) is 0 Å². The van der Waals surface area contributed by atoms with E-state index in [1.165, 1.54) is 25.3 Å². The first-order valence-corrected chi connectivity index (χ1v) is 11.2. The Morgan fingerprint density at radius 1 is 1.37 bits per heavy atom. The highest BCUT2D eigenvalue weighted by Crippen LogP contribution is 2.38. The maximum absolute atomic E-state index is 13.0. The first-order valence-electron chi connectivity index (χ1n) is 10.0. The molecule has 30 heavy (non-hydrogen) atoms. The van der Waals surface area contributed by atoms with Crippen LogP contribution < -0.4 is 5.32 Å². The van der Waals surface area contributed by atoms with Crippen LogP contribution >= 0.6 is 22.9 Å². The normalized spacial score (nSPS) is 17.9. The van der Waals surface area contributed by atoms with Crippen LogP contribution in [0.5, 0.6) is 0 Å². The number of nitrogens with zero attached hydrogens (tertiary/aromatic N) is 2. The van der Waals surface area contributed by atoms with Crippen molar-refractivity contribution in [1.82, 2.24) is 15.2 Å². The first kappa shape index (κ1) is 23.0. The van der Waals surface area contributed by atoms with Crippen molar-refractivity contribution in [3.05, 3.63) is 39.4 Å². The van der Waals surface area contributed by atoms with Crippen molar-refractivity contribution in [3.8, 4) is 10.6 Å². The number of carbonyl (C=O) groups excluding carboxylic acids is 1. The summed E-state index contributed by atoms with van der Waals surface area (Å²) in [5.41, 5.74) is -0.143. The van der Waals surface area contributed by atoms with Crippen molar-refractivity contribution in [2.75, 3.05) is 19.6 Å². The molecule has 1 aromatic carbocycles. The summed E-state index contributed by atoms with van der Waals surface area (Å²) in [6.45, 7) is 6.49. The van der Waals surface area contributed by atoms with Crippen molar-refractivity contribution in [3.63, 3.8) is 0 Å². The van der Waals surface area contributed by atoms with Crippen LogP contribution in [0.1, 0.15) is 53.5 Å². The fraction of sp³-hybridized carbons (Fsp3) is 0.524. The fourth-order valence-electron chi connectivity index (χ4n) is 3.64. The number of benzene rings is 1. The molecule has 1 N–H and O–H groups in total. The number of aromatic nitrogens is 1. The maximum Gasteiger partial charge on any atom is 0.416 e. The highest BCUT2D eigenvalue weighted by atomic mass is 35.5. The molecule has 1 fully saturated rings. The number of piperidine rings is 1. The number of halogens is 4. The number of aryl methyl sites for hydroxylation is 1. The number of likely N-dealkylation sites (tertiary alicyclic amines) is 1. The Balaban J connectivity index is 1.64. The molecule has 0 saturated carbocycles. The molecule has 2 heterocycles. The quantitative estimate of drug-likeness (QED) is 0.556. The zero-order chi connectivity index (χ0) is 21.9. The van der Waals surface area contributed by atoms with Gasteiger partial charge in [0, 0.05) is 24.7 Å². The third-order valence-electron chi connectivity index (χ3n) is 5.38. The molecular formula is C21H25ClF3N3OS. The molecule has 1 aromatic heterocycles. The van der Waals surface area contributed by atoms with E-state index in [4.69, 9.17) is 11.6 Å². The molecule has 1 saturated heterocycles. The zero-order valence-electron chi connectivity index (χ0n) is 17.0. The average molecular weight is 460 g/mol. The van der Waals surface area contributed by atoms with Gasteiger partial charge in [-0.2, -0.15) is 13.2 Å². The molecule has 1 unspecified atom stereocenters.